The Kier molecular flexibility index (Phi) is 5.40. The molecule has 0 radical (unpaired) electrons. The zero-order valence-electron chi connectivity index (χ0n) is 16.0. The van der Waals surface area contributed by atoms with Crippen LogP contribution in [0.25, 0.3) is 0 Å². The van der Waals surface area contributed by atoms with Gasteiger partial charge >= 0.3 is 12.3 Å². The number of piperidine rings is 1. The Hall–Kier alpha value is -2.16. The molecule has 3 heterocycles. The van der Waals surface area contributed by atoms with Gasteiger partial charge in [-0.1, -0.05) is 0 Å². The lowest BCUT2D eigenvalue weighted by Crippen LogP contribution is -2.60. The molecule has 6 nitrogen and oxygen atoms in total. The summed E-state index contributed by atoms with van der Waals surface area (Å²) in [6.07, 6.45) is -3.44. The molecular weight excluding hydrogens is 377 g/mol. The van der Waals surface area contributed by atoms with E-state index in [-0.39, 0.29) is 36.6 Å². The minimum atomic E-state index is -4.61. The first-order valence-corrected chi connectivity index (χ1v) is 9.12. The van der Waals surface area contributed by atoms with Crippen LogP contribution in [0.2, 0.25) is 0 Å². The van der Waals surface area contributed by atoms with Crippen molar-refractivity contribution in [3.8, 4) is 0 Å². The first-order chi connectivity index (χ1) is 13.0. The Morgan fingerprint density at radius 3 is 2.32 bits per heavy atom. The van der Waals surface area contributed by atoms with Crippen LogP contribution in [0.1, 0.15) is 49.7 Å². The summed E-state index contributed by atoms with van der Waals surface area (Å²) in [5.74, 6) is -0.852. The largest absolute Gasteiger partial charge is 0.444 e. The van der Waals surface area contributed by atoms with Gasteiger partial charge in [0.1, 0.15) is 11.3 Å². The first-order valence-electron chi connectivity index (χ1n) is 9.12. The van der Waals surface area contributed by atoms with Crippen LogP contribution >= 0.6 is 0 Å². The van der Waals surface area contributed by atoms with Crippen molar-refractivity contribution in [3.05, 3.63) is 29.6 Å². The van der Waals surface area contributed by atoms with Crippen LogP contribution in [0.4, 0.5) is 18.0 Å². The molecule has 9 heteroatoms. The summed E-state index contributed by atoms with van der Waals surface area (Å²) in [6.45, 7) is 5.85. The number of halogens is 3. The second kappa shape index (κ2) is 7.35. The van der Waals surface area contributed by atoms with Crippen molar-refractivity contribution < 1.29 is 32.2 Å². The number of hydrogen-bond donors (Lipinski definition) is 0. The maximum atomic E-state index is 12.9. The SMILES string of the molecule is CC(C)(C)OC(=O)N1C2COCC1CC(C(=O)c1ccnc(C(F)(F)F)c1)C2. The highest BCUT2D eigenvalue weighted by Crippen LogP contribution is 2.35. The normalized spacial score (nSPS) is 25.4. The smallest absolute Gasteiger partial charge is 0.433 e. The van der Waals surface area contributed by atoms with Gasteiger partial charge < -0.3 is 9.47 Å². The number of amides is 1. The lowest BCUT2D eigenvalue weighted by molar-refractivity contribution is -0.141. The van der Waals surface area contributed by atoms with E-state index in [0.717, 1.165) is 12.3 Å². The summed E-state index contributed by atoms with van der Waals surface area (Å²) in [7, 11) is 0. The number of pyridine rings is 1. The number of fused-ring (bicyclic) bond motifs is 2. The monoisotopic (exact) mass is 400 g/mol. The summed E-state index contributed by atoms with van der Waals surface area (Å²) in [4.78, 5) is 30.3. The molecule has 2 atom stereocenters. The van der Waals surface area contributed by atoms with Gasteiger partial charge in [0.25, 0.3) is 0 Å². The average molecular weight is 400 g/mol. The van der Waals surface area contributed by atoms with E-state index >= 15 is 0 Å². The van der Waals surface area contributed by atoms with Crippen molar-refractivity contribution in [2.45, 2.75) is 57.5 Å². The number of ether oxygens (including phenoxy) is 2. The van der Waals surface area contributed by atoms with Crippen LogP contribution < -0.4 is 0 Å². The maximum absolute atomic E-state index is 12.9. The minimum Gasteiger partial charge on any atom is -0.444 e. The van der Waals surface area contributed by atoms with Crippen LogP contribution in [0, 0.1) is 5.92 Å². The van der Waals surface area contributed by atoms with E-state index in [1.807, 2.05) is 0 Å². The Balaban J connectivity index is 1.77. The third kappa shape index (κ3) is 4.45. The summed E-state index contributed by atoms with van der Waals surface area (Å²) in [5, 5.41) is 0. The molecule has 3 rings (SSSR count). The van der Waals surface area contributed by atoms with Gasteiger partial charge in [0.05, 0.1) is 25.3 Å². The lowest BCUT2D eigenvalue weighted by Gasteiger charge is -2.47. The van der Waals surface area contributed by atoms with Gasteiger partial charge in [0.15, 0.2) is 5.78 Å². The summed E-state index contributed by atoms with van der Waals surface area (Å²) < 4.78 is 49.7. The molecule has 1 amide bonds. The number of hydrogen-bond acceptors (Lipinski definition) is 5. The Labute approximate surface area is 161 Å². The fourth-order valence-electron chi connectivity index (χ4n) is 3.72. The van der Waals surface area contributed by atoms with Crippen molar-refractivity contribution in [1.82, 2.24) is 9.88 Å². The second-order valence-corrected chi connectivity index (χ2v) is 8.19. The van der Waals surface area contributed by atoms with Crippen LogP contribution in [-0.2, 0) is 15.7 Å². The van der Waals surface area contributed by atoms with E-state index in [1.165, 1.54) is 6.07 Å². The fraction of sp³-hybridized carbons (Fsp3) is 0.632. The number of aromatic nitrogens is 1. The summed E-state index contributed by atoms with van der Waals surface area (Å²) >= 11 is 0. The molecule has 0 spiro atoms. The van der Waals surface area contributed by atoms with Gasteiger partial charge in [-0.15, -0.1) is 0 Å². The second-order valence-electron chi connectivity index (χ2n) is 8.19. The Bertz CT molecular complexity index is 746. The zero-order chi connectivity index (χ0) is 20.7. The number of carbonyl (C=O) groups is 2. The molecule has 1 aromatic rings. The number of alkyl halides is 3. The van der Waals surface area contributed by atoms with Crippen molar-refractivity contribution in [3.63, 3.8) is 0 Å². The first kappa shape index (κ1) is 20.6. The van der Waals surface area contributed by atoms with Gasteiger partial charge in [-0.3, -0.25) is 14.7 Å². The van der Waals surface area contributed by atoms with Crippen LogP contribution in [0.15, 0.2) is 18.3 Å². The molecule has 2 saturated heterocycles. The number of Topliss-reactive ketones (excluding diaryl/α,β-unsaturated/α-hetero) is 1. The molecule has 2 bridgehead atoms. The third-order valence-electron chi connectivity index (χ3n) is 4.83. The highest BCUT2D eigenvalue weighted by molar-refractivity contribution is 5.98. The molecule has 154 valence electrons. The van der Waals surface area contributed by atoms with E-state index in [9.17, 15) is 22.8 Å². The van der Waals surface area contributed by atoms with Gasteiger partial charge in [-0.25, -0.2) is 4.79 Å². The van der Waals surface area contributed by atoms with E-state index in [0.29, 0.717) is 12.8 Å². The number of ketones is 1. The molecule has 0 saturated carbocycles. The van der Waals surface area contributed by atoms with Crippen molar-refractivity contribution >= 4 is 11.9 Å². The quantitative estimate of drug-likeness (QED) is 0.708. The topological polar surface area (TPSA) is 68.7 Å². The standard InChI is InChI=1S/C19H23F3N2O4/c1-18(2,3)28-17(26)24-13-6-12(7-14(24)10-27-9-13)16(25)11-4-5-23-15(8-11)19(20,21)22/h4-5,8,12-14H,6-7,9-10H2,1-3H3. The molecule has 0 N–H and O–H groups in total. The highest BCUT2D eigenvalue weighted by atomic mass is 19.4. The molecule has 0 aliphatic carbocycles. The van der Waals surface area contributed by atoms with Gasteiger partial charge in [0, 0.05) is 17.7 Å². The molecule has 0 aromatic carbocycles. The van der Waals surface area contributed by atoms with E-state index in [1.54, 1.807) is 25.7 Å². The van der Waals surface area contributed by atoms with E-state index in [4.69, 9.17) is 9.47 Å². The molecule has 28 heavy (non-hydrogen) atoms. The predicted octanol–water partition coefficient (Wildman–Crippen LogP) is 3.70. The Morgan fingerprint density at radius 1 is 1.18 bits per heavy atom. The minimum absolute atomic E-state index is 0.0166. The number of rotatable bonds is 2. The van der Waals surface area contributed by atoms with Crippen LogP contribution in [-0.4, -0.2) is 52.7 Å². The van der Waals surface area contributed by atoms with Crippen LogP contribution in [0.3, 0.4) is 0 Å². The molecule has 2 unspecified atom stereocenters. The van der Waals surface area contributed by atoms with Gasteiger partial charge in [0.2, 0.25) is 0 Å². The molecule has 2 aliphatic heterocycles. The number of nitrogens with zero attached hydrogens (tertiary/aromatic N) is 2. The molecule has 2 fully saturated rings. The highest BCUT2D eigenvalue weighted by Gasteiger charge is 2.45. The predicted molar refractivity (Wildman–Crippen MR) is 92.8 cm³/mol. The number of morpholine rings is 1. The fourth-order valence-corrected chi connectivity index (χ4v) is 3.72. The maximum Gasteiger partial charge on any atom is 0.433 e. The van der Waals surface area contributed by atoms with Crippen molar-refractivity contribution in [1.29, 1.82) is 0 Å². The summed E-state index contributed by atoms with van der Waals surface area (Å²) in [5.41, 5.74) is -1.76. The average Bonchev–Trinajstić information content (AvgIpc) is 2.57. The Morgan fingerprint density at radius 2 is 1.79 bits per heavy atom. The lowest BCUT2D eigenvalue weighted by atomic mass is 9.81. The summed E-state index contributed by atoms with van der Waals surface area (Å²) in [6, 6.07) is 1.39. The molecular formula is C19H23F3N2O4. The van der Waals surface area contributed by atoms with Crippen molar-refractivity contribution in [2.24, 2.45) is 5.92 Å². The van der Waals surface area contributed by atoms with Crippen molar-refractivity contribution in [2.75, 3.05) is 13.2 Å². The molecule has 2 aliphatic rings. The van der Waals surface area contributed by atoms with Crippen LogP contribution in [0.5, 0.6) is 0 Å². The number of carbonyl (C=O) groups excluding carboxylic acids is 2. The van der Waals surface area contributed by atoms with Gasteiger partial charge in [-0.05, 0) is 45.7 Å². The zero-order valence-corrected chi connectivity index (χ0v) is 16.0. The third-order valence-corrected chi connectivity index (χ3v) is 4.83. The van der Waals surface area contributed by atoms with E-state index < -0.39 is 29.5 Å². The van der Waals surface area contributed by atoms with E-state index in [2.05, 4.69) is 4.98 Å². The van der Waals surface area contributed by atoms with Gasteiger partial charge in [-0.2, -0.15) is 13.2 Å². The molecule has 1 aromatic heterocycles.